The average Bonchev–Trinajstić information content (AvgIpc) is 2.91. The maximum atomic E-state index is 12.9. The van der Waals surface area contributed by atoms with Gasteiger partial charge in [-0.05, 0) is 30.0 Å². The number of anilines is 1. The lowest BCUT2D eigenvalue weighted by atomic mass is 9.79. The minimum absolute atomic E-state index is 0.0134. The van der Waals surface area contributed by atoms with Crippen molar-refractivity contribution in [2.45, 2.75) is 32.7 Å². The molecular formula is C18H24BrN3O2. The number of hydrogen-bond acceptors (Lipinski definition) is 3. The molecule has 1 aromatic carbocycles. The molecule has 0 aliphatic carbocycles. The standard InChI is InChI=1S/C18H24BrN3O2/c1-18(2)11-21(7-6-15(18)20)17(24)12-8-16(23)22(10-12)14-5-3-4-13(19)9-14/h3-5,9,12,15H,6-8,10-11,20H2,1-2H3. The summed E-state index contributed by atoms with van der Waals surface area (Å²) in [5, 5.41) is 0. The molecule has 2 saturated heterocycles. The van der Waals surface area contributed by atoms with Crippen LogP contribution in [0.2, 0.25) is 0 Å². The van der Waals surface area contributed by atoms with Crippen molar-refractivity contribution in [1.82, 2.24) is 4.90 Å². The van der Waals surface area contributed by atoms with Crippen LogP contribution < -0.4 is 10.6 Å². The van der Waals surface area contributed by atoms with E-state index in [0.717, 1.165) is 16.6 Å². The van der Waals surface area contributed by atoms with Crippen LogP contribution in [0.3, 0.4) is 0 Å². The zero-order valence-corrected chi connectivity index (χ0v) is 15.8. The van der Waals surface area contributed by atoms with E-state index in [9.17, 15) is 9.59 Å². The predicted molar refractivity (Wildman–Crippen MR) is 97.6 cm³/mol. The van der Waals surface area contributed by atoms with Gasteiger partial charge in [-0.15, -0.1) is 0 Å². The molecule has 1 aromatic rings. The van der Waals surface area contributed by atoms with Gasteiger partial charge in [-0.25, -0.2) is 0 Å². The maximum absolute atomic E-state index is 12.9. The number of amides is 2. The van der Waals surface area contributed by atoms with Crippen molar-refractivity contribution < 1.29 is 9.59 Å². The number of hydrogen-bond donors (Lipinski definition) is 1. The van der Waals surface area contributed by atoms with Gasteiger partial charge in [0.05, 0.1) is 5.92 Å². The predicted octanol–water partition coefficient (Wildman–Crippen LogP) is 2.39. The summed E-state index contributed by atoms with van der Waals surface area (Å²) in [6, 6.07) is 7.75. The van der Waals surface area contributed by atoms with Crippen LogP contribution in [-0.4, -0.2) is 42.4 Å². The average molecular weight is 394 g/mol. The molecule has 2 unspecified atom stereocenters. The Kier molecular flexibility index (Phi) is 4.71. The highest BCUT2D eigenvalue weighted by Gasteiger charge is 2.41. The fourth-order valence-corrected chi connectivity index (χ4v) is 3.97. The molecule has 2 amide bonds. The number of nitrogens with zero attached hydrogens (tertiary/aromatic N) is 2. The quantitative estimate of drug-likeness (QED) is 0.838. The summed E-state index contributed by atoms with van der Waals surface area (Å²) in [5.41, 5.74) is 6.91. The largest absolute Gasteiger partial charge is 0.342 e. The van der Waals surface area contributed by atoms with Gasteiger partial charge >= 0.3 is 0 Å². The van der Waals surface area contributed by atoms with Gasteiger partial charge in [-0.1, -0.05) is 35.8 Å². The number of carbonyl (C=O) groups is 2. The third-order valence-corrected chi connectivity index (χ3v) is 5.71. The zero-order valence-electron chi connectivity index (χ0n) is 14.2. The Balaban J connectivity index is 1.70. The normalized spacial score (nSPS) is 26.8. The molecule has 3 rings (SSSR count). The van der Waals surface area contributed by atoms with Crippen molar-refractivity contribution in [2.75, 3.05) is 24.5 Å². The highest BCUT2D eigenvalue weighted by molar-refractivity contribution is 9.10. The molecule has 0 spiro atoms. The SMILES string of the molecule is CC1(C)CN(C(=O)C2CC(=O)N(c3cccc(Br)c3)C2)CCC1N. The lowest BCUT2D eigenvalue weighted by Gasteiger charge is -2.43. The second kappa shape index (κ2) is 6.48. The summed E-state index contributed by atoms with van der Waals surface area (Å²) in [6.45, 7) is 6.01. The van der Waals surface area contributed by atoms with Gasteiger partial charge in [0, 0.05) is 42.3 Å². The van der Waals surface area contributed by atoms with Gasteiger partial charge in [0.2, 0.25) is 11.8 Å². The van der Waals surface area contributed by atoms with Crippen LogP contribution >= 0.6 is 15.9 Å². The summed E-state index contributed by atoms with van der Waals surface area (Å²) < 4.78 is 0.925. The Bertz CT molecular complexity index is 661. The molecule has 2 aliphatic heterocycles. The van der Waals surface area contributed by atoms with Gasteiger partial charge in [0.1, 0.15) is 0 Å². The van der Waals surface area contributed by atoms with Crippen LogP contribution in [0.4, 0.5) is 5.69 Å². The number of halogens is 1. The van der Waals surface area contributed by atoms with Crippen LogP contribution in [0.15, 0.2) is 28.7 Å². The molecule has 2 atom stereocenters. The molecule has 130 valence electrons. The van der Waals surface area contributed by atoms with E-state index in [1.165, 1.54) is 0 Å². The Morgan fingerprint density at radius 2 is 2.12 bits per heavy atom. The summed E-state index contributed by atoms with van der Waals surface area (Å²) in [4.78, 5) is 28.9. The number of rotatable bonds is 2. The number of carbonyl (C=O) groups excluding carboxylic acids is 2. The van der Waals surface area contributed by atoms with E-state index in [1.807, 2.05) is 29.2 Å². The minimum atomic E-state index is -0.262. The first-order valence-electron chi connectivity index (χ1n) is 8.38. The fraction of sp³-hybridized carbons (Fsp3) is 0.556. The second-order valence-electron chi connectivity index (χ2n) is 7.53. The Morgan fingerprint density at radius 3 is 2.79 bits per heavy atom. The third kappa shape index (κ3) is 3.35. The molecule has 6 heteroatoms. The van der Waals surface area contributed by atoms with E-state index in [4.69, 9.17) is 5.73 Å². The summed E-state index contributed by atoms with van der Waals surface area (Å²) in [6.07, 6.45) is 1.10. The minimum Gasteiger partial charge on any atom is -0.342 e. The Labute approximate surface area is 151 Å². The number of likely N-dealkylation sites (tertiary alicyclic amines) is 1. The lowest BCUT2D eigenvalue weighted by Crippen LogP contribution is -2.55. The van der Waals surface area contributed by atoms with Crippen LogP contribution in [0.25, 0.3) is 0 Å². The van der Waals surface area contributed by atoms with Gasteiger partial charge in [-0.3, -0.25) is 9.59 Å². The van der Waals surface area contributed by atoms with Gasteiger partial charge in [0.15, 0.2) is 0 Å². The first-order valence-corrected chi connectivity index (χ1v) is 9.17. The number of piperidine rings is 1. The van der Waals surface area contributed by atoms with E-state index in [0.29, 0.717) is 19.6 Å². The Morgan fingerprint density at radius 1 is 1.38 bits per heavy atom. The molecule has 0 aromatic heterocycles. The third-order valence-electron chi connectivity index (χ3n) is 5.22. The van der Waals surface area contributed by atoms with E-state index in [-0.39, 0.29) is 35.6 Å². The maximum Gasteiger partial charge on any atom is 0.228 e. The van der Waals surface area contributed by atoms with Crippen LogP contribution in [0.1, 0.15) is 26.7 Å². The van der Waals surface area contributed by atoms with E-state index < -0.39 is 0 Å². The molecule has 0 bridgehead atoms. The van der Waals surface area contributed by atoms with E-state index >= 15 is 0 Å². The molecule has 0 saturated carbocycles. The van der Waals surface area contributed by atoms with Gasteiger partial charge < -0.3 is 15.5 Å². The van der Waals surface area contributed by atoms with Gasteiger partial charge in [-0.2, -0.15) is 0 Å². The number of nitrogens with two attached hydrogens (primary N) is 1. The van der Waals surface area contributed by atoms with Crippen molar-refractivity contribution in [1.29, 1.82) is 0 Å². The summed E-state index contributed by atoms with van der Waals surface area (Å²) >= 11 is 3.43. The first-order chi connectivity index (χ1) is 11.3. The van der Waals surface area contributed by atoms with Crippen molar-refractivity contribution in [3.05, 3.63) is 28.7 Å². The van der Waals surface area contributed by atoms with Gasteiger partial charge in [0.25, 0.3) is 0 Å². The van der Waals surface area contributed by atoms with Crippen LogP contribution in [-0.2, 0) is 9.59 Å². The molecule has 2 heterocycles. The number of benzene rings is 1. The topological polar surface area (TPSA) is 66.6 Å². The van der Waals surface area contributed by atoms with Crippen LogP contribution in [0, 0.1) is 11.3 Å². The summed E-state index contributed by atoms with van der Waals surface area (Å²) in [5.74, 6) is -0.165. The molecule has 2 N–H and O–H groups in total. The second-order valence-corrected chi connectivity index (χ2v) is 8.44. The van der Waals surface area contributed by atoms with E-state index in [2.05, 4.69) is 29.8 Å². The molecule has 2 aliphatic rings. The molecule has 24 heavy (non-hydrogen) atoms. The first kappa shape index (κ1) is 17.4. The smallest absolute Gasteiger partial charge is 0.228 e. The zero-order chi connectivity index (χ0) is 17.5. The Hall–Kier alpha value is -1.40. The molecule has 5 nitrogen and oxygen atoms in total. The van der Waals surface area contributed by atoms with Crippen LogP contribution in [0.5, 0.6) is 0 Å². The molecular weight excluding hydrogens is 370 g/mol. The molecule has 2 fully saturated rings. The van der Waals surface area contributed by atoms with Crippen molar-refractivity contribution in [3.8, 4) is 0 Å². The summed E-state index contributed by atoms with van der Waals surface area (Å²) in [7, 11) is 0. The molecule has 0 radical (unpaired) electrons. The highest BCUT2D eigenvalue weighted by atomic mass is 79.9. The van der Waals surface area contributed by atoms with Crippen molar-refractivity contribution in [3.63, 3.8) is 0 Å². The fourth-order valence-electron chi connectivity index (χ4n) is 3.59. The van der Waals surface area contributed by atoms with E-state index in [1.54, 1.807) is 4.90 Å². The lowest BCUT2D eigenvalue weighted by molar-refractivity contribution is -0.139. The van der Waals surface area contributed by atoms with Crippen molar-refractivity contribution in [2.24, 2.45) is 17.1 Å². The monoisotopic (exact) mass is 393 g/mol. The van der Waals surface area contributed by atoms with Crippen molar-refractivity contribution >= 4 is 33.4 Å². The highest BCUT2D eigenvalue weighted by Crippen LogP contribution is 2.32.